The highest BCUT2D eigenvalue weighted by Gasteiger charge is 2.24. The van der Waals surface area contributed by atoms with Crippen LogP contribution in [0.15, 0.2) is 70.3 Å². The predicted octanol–water partition coefficient (Wildman–Crippen LogP) is 5.32. The number of rotatable bonds is 2. The number of hydrogen-bond acceptors (Lipinski definition) is 1. The van der Waals surface area contributed by atoms with Crippen molar-refractivity contribution in [2.24, 2.45) is 0 Å². The lowest BCUT2D eigenvalue weighted by molar-refractivity contribution is 0.374. The molecule has 3 aliphatic rings. The molecule has 0 aromatic carbocycles. The topological polar surface area (TPSA) is 20.2 Å². The number of allylic oxidation sites excluding steroid dienone is 12. The van der Waals surface area contributed by atoms with Gasteiger partial charge in [-0.25, -0.2) is 8.78 Å². The summed E-state index contributed by atoms with van der Waals surface area (Å²) in [4.78, 5) is 0. The molecule has 0 aromatic heterocycles. The molecule has 1 unspecified atom stereocenters. The number of halogens is 2. The maximum Gasteiger partial charge on any atom is 0.129 e. The minimum absolute atomic E-state index is 0.138. The second-order valence-electron chi connectivity index (χ2n) is 5.64. The van der Waals surface area contributed by atoms with Gasteiger partial charge in [0, 0.05) is 19.3 Å². The Bertz CT molecular complexity index is 630. The standard InChI is InChI=1S/C18H18F2O/c19-15-6-1-13(2-7-15)17-10-5-14(11-18(17)20)12-3-8-16(21)9-4-12/h1,3,5-6,8,10,18,21H,2,4,7,9,11H2. The van der Waals surface area contributed by atoms with Crippen LogP contribution in [0.5, 0.6) is 0 Å². The summed E-state index contributed by atoms with van der Waals surface area (Å²) in [6.45, 7) is 0. The van der Waals surface area contributed by atoms with E-state index in [1.807, 2.05) is 18.2 Å². The van der Waals surface area contributed by atoms with Crippen LogP contribution in [0.4, 0.5) is 8.78 Å². The lowest BCUT2D eigenvalue weighted by Crippen LogP contribution is -2.14. The van der Waals surface area contributed by atoms with E-state index in [4.69, 9.17) is 0 Å². The second-order valence-corrected chi connectivity index (χ2v) is 5.64. The van der Waals surface area contributed by atoms with Crippen LogP contribution in [-0.2, 0) is 0 Å². The molecule has 0 amide bonds. The average Bonchev–Trinajstić information content (AvgIpc) is 2.49. The molecule has 3 rings (SSSR count). The summed E-state index contributed by atoms with van der Waals surface area (Å²) < 4.78 is 27.5. The molecule has 1 nitrogen and oxygen atoms in total. The smallest absolute Gasteiger partial charge is 0.129 e. The van der Waals surface area contributed by atoms with Crippen molar-refractivity contribution in [3.05, 3.63) is 70.3 Å². The number of alkyl halides is 1. The monoisotopic (exact) mass is 288 g/mol. The normalized spacial score (nSPS) is 26.1. The van der Waals surface area contributed by atoms with Crippen LogP contribution in [0.2, 0.25) is 0 Å². The van der Waals surface area contributed by atoms with Gasteiger partial charge >= 0.3 is 0 Å². The van der Waals surface area contributed by atoms with Crippen LogP contribution in [-0.4, -0.2) is 11.3 Å². The van der Waals surface area contributed by atoms with Gasteiger partial charge in [-0.05, 0) is 47.3 Å². The summed E-state index contributed by atoms with van der Waals surface area (Å²) in [6, 6.07) is 0. The van der Waals surface area contributed by atoms with Crippen LogP contribution in [0.25, 0.3) is 0 Å². The zero-order valence-electron chi connectivity index (χ0n) is 11.8. The van der Waals surface area contributed by atoms with Gasteiger partial charge in [0.2, 0.25) is 0 Å². The molecular weight excluding hydrogens is 270 g/mol. The van der Waals surface area contributed by atoms with Crippen LogP contribution < -0.4 is 0 Å². The Balaban J connectivity index is 1.83. The maximum atomic E-state index is 14.5. The first kappa shape index (κ1) is 14.1. The highest BCUT2D eigenvalue weighted by atomic mass is 19.1. The summed E-state index contributed by atoms with van der Waals surface area (Å²) in [6.07, 6.45) is 12.1. The minimum atomic E-state index is -1.04. The van der Waals surface area contributed by atoms with Gasteiger partial charge in [-0.15, -0.1) is 0 Å². The molecule has 1 atom stereocenters. The molecule has 0 saturated carbocycles. The summed E-state index contributed by atoms with van der Waals surface area (Å²) in [7, 11) is 0. The van der Waals surface area contributed by atoms with E-state index in [1.165, 1.54) is 6.08 Å². The largest absolute Gasteiger partial charge is 0.512 e. The van der Waals surface area contributed by atoms with E-state index in [-0.39, 0.29) is 5.83 Å². The van der Waals surface area contributed by atoms with E-state index >= 15 is 0 Å². The van der Waals surface area contributed by atoms with Crippen molar-refractivity contribution in [2.45, 2.75) is 38.3 Å². The van der Waals surface area contributed by atoms with Crippen LogP contribution >= 0.6 is 0 Å². The SMILES string of the molecule is OC1=CC=C(C2=CC=C(C3=CC=C(F)CC3)C(F)C2)CC1. The Morgan fingerprint density at radius 3 is 2.14 bits per heavy atom. The van der Waals surface area contributed by atoms with Crippen molar-refractivity contribution in [2.75, 3.05) is 0 Å². The molecular formula is C18H18F2O. The number of aliphatic hydroxyl groups is 1. The molecule has 0 bridgehead atoms. The second kappa shape index (κ2) is 5.84. The molecule has 0 aliphatic heterocycles. The quantitative estimate of drug-likeness (QED) is 0.729. The molecule has 0 heterocycles. The van der Waals surface area contributed by atoms with E-state index in [9.17, 15) is 13.9 Å². The van der Waals surface area contributed by atoms with Crippen molar-refractivity contribution in [1.29, 1.82) is 0 Å². The van der Waals surface area contributed by atoms with Crippen molar-refractivity contribution in [3.8, 4) is 0 Å². The van der Waals surface area contributed by atoms with E-state index in [0.717, 1.165) is 23.1 Å². The first-order valence-corrected chi connectivity index (χ1v) is 7.33. The van der Waals surface area contributed by atoms with Crippen molar-refractivity contribution >= 4 is 0 Å². The van der Waals surface area contributed by atoms with Gasteiger partial charge in [0.05, 0.1) is 5.76 Å². The fraction of sp³-hybridized carbons (Fsp3) is 0.333. The van der Waals surface area contributed by atoms with Gasteiger partial charge in [-0.1, -0.05) is 24.3 Å². The van der Waals surface area contributed by atoms with E-state index in [0.29, 0.717) is 37.0 Å². The minimum Gasteiger partial charge on any atom is -0.512 e. The third-order valence-electron chi connectivity index (χ3n) is 4.21. The summed E-state index contributed by atoms with van der Waals surface area (Å²) >= 11 is 0. The molecule has 1 N–H and O–H groups in total. The average molecular weight is 288 g/mol. The molecule has 0 spiro atoms. The Hall–Kier alpha value is -1.90. The van der Waals surface area contributed by atoms with Gasteiger partial charge in [0.25, 0.3) is 0 Å². The van der Waals surface area contributed by atoms with Gasteiger partial charge in [0.15, 0.2) is 0 Å². The zero-order valence-corrected chi connectivity index (χ0v) is 11.8. The van der Waals surface area contributed by atoms with E-state index in [2.05, 4.69) is 0 Å². The van der Waals surface area contributed by atoms with Gasteiger partial charge in [-0.3, -0.25) is 0 Å². The summed E-state index contributed by atoms with van der Waals surface area (Å²) in [5, 5.41) is 9.38. The van der Waals surface area contributed by atoms with Gasteiger partial charge in [0.1, 0.15) is 12.0 Å². The lowest BCUT2D eigenvalue weighted by atomic mass is 9.84. The Labute approximate surface area is 123 Å². The van der Waals surface area contributed by atoms with Crippen molar-refractivity contribution in [3.63, 3.8) is 0 Å². The predicted molar refractivity (Wildman–Crippen MR) is 80.2 cm³/mol. The molecule has 0 saturated heterocycles. The summed E-state index contributed by atoms with van der Waals surface area (Å²) in [5.41, 5.74) is 3.66. The first-order chi connectivity index (χ1) is 10.1. The third-order valence-corrected chi connectivity index (χ3v) is 4.21. The van der Waals surface area contributed by atoms with Crippen molar-refractivity contribution < 1.29 is 13.9 Å². The molecule has 3 heteroatoms. The van der Waals surface area contributed by atoms with Crippen LogP contribution in [0, 0.1) is 0 Å². The Morgan fingerprint density at radius 2 is 1.52 bits per heavy atom. The lowest BCUT2D eigenvalue weighted by Gasteiger charge is -2.24. The molecule has 0 aromatic rings. The molecule has 0 fully saturated rings. The number of aliphatic hydroxyl groups excluding tert-OH is 1. The number of hydrogen-bond donors (Lipinski definition) is 1. The highest BCUT2D eigenvalue weighted by molar-refractivity contribution is 5.49. The van der Waals surface area contributed by atoms with Gasteiger partial charge < -0.3 is 5.11 Å². The highest BCUT2D eigenvalue weighted by Crippen LogP contribution is 2.36. The summed E-state index contributed by atoms with van der Waals surface area (Å²) in [5.74, 6) is 0.241. The van der Waals surface area contributed by atoms with Crippen LogP contribution in [0.3, 0.4) is 0 Å². The zero-order chi connectivity index (χ0) is 14.8. The fourth-order valence-corrected chi connectivity index (χ4v) is 2.96. The first-order valence-electron chi connectivity index (χ1n) is 7.33. The van der Waals surface area contributed by atoms with E-state index < -0.39 is 6.17 Å². The van der Waals surface area contributed by atoms with Crippen molar-refractivity contribution in [1.82, 2.24) is 0 Å². The molecule has 110 valence electrons. The Kier molecular flexibility index (Phi) is 3.91. The Morgan fingerprint density at radius 1 is 0.810 bits per heavy atom. The van der Waals surface area contributed by atoms with Gasteiger partial charge in [-0.2, -0.15) is 0 Å². The van der Waals surface area contributed by atoms with E-state index in [1.54, 1.807) is 12.2 Å². The van der Waals surface area contributed by atoms with Crippen LogP contribution in [0.1, 0.15) is 32.1 Å². The fourth-order valence-electron chi connectivity index (χ4n) is 2.96. The maximum absolute atomic E-state index is 14.5. The third kappa shape index (κ3) is 3.07. The molecule has 21 heavy (non-hydrogen) atoms. The molecule has 0 radical (unpaired) electrons. The molecule has 3 aliphatic carbocycles.